The highest BCUT2D eigenvalue weighted by molar-refractivity contribution is 7.99. The number of aromatic nitrogens is 1. The molecule has 138 valence electrons. The number of aryl methyl sites for hydroxylation is 1. The number of thioether (sulfide) groups is 1. The van der Waals surface area contributed by atoms with E-state index in [1.165, 1.54) is 17.8 Å². The van der Waals surface area contributed by atoms with Crippen LogP contribution in [0.2, 0.25) is 0 Å². The molecule has 1 amide bonds. The number of amides is 1. The van der Waals surface area contributed by atoms with Crippen LogP contribution in [0.4, 0.5) is 4.39 Å². The highest BCUT2D eigenvalue weighted by Gasteiger charge is 2.28. The standard InChI is InChI=1S/C19H21FN2O3S/c1-4-25-19(24)15-10(2)16(21-11(15)3)18(23)22-14-8-9-26-17-12(14)6-5-7-13(17)20/h5-7,14,21H,4,8-9H2,1-3H3,(H,22,23). The van der Waals surface area contributed by atoms with E-state index in [0.717, 1.165) is 17.7 Å². The molecule has 2 heterocycles. The number of ether oxygens (including phenoxy) is 1. The third kappa shape index (κ3) is 3.35. The molecule has 0 saturated heterocycles. The fourth-order valence-electron chi connectivity index (χ4n) is 3.25. The molecule has 1 aliphatic rings. The van der Waals surface area contributed by atoms with Crippen molar-refractivity contribution in [3.63, 3.8) is 0 Å². The molecule has 0 spiro atoms. The fraction of sp³-hybridized carbons (Fsp3) is 0.368. The number of hydrogen-bond donors (Lipinski definition) is 2. The summed E-state index contributed by atoms with van der Waals surface area (Å²) in [5.41, 5.74) is 2.67. The molecule has 0 fully saturated rings. The van der Waals surface area contributed by atoms with Gasteiger partial charge >= 0.3 is 5.97 Å². The molecule has 0 aliphatic carbocycles. The molecule has 2 N–H and O–H groups in total. The van der Waals surface area contributed by atoms with Crippen molar-refractivity contribution in [1.29, 1.82) is 0 Å². The van der Waals surface area contributed by atoms with Gasteiger partial charge in [0, 0.05) is 16.3 Å². The molecule has 26 heavy (non-hydrogen) atoms. The third-order valence-electron chi connectivity index (χ3n) is 4.48. The van der Waals surface area contributed by atoms with Crippen molar-refractivity contribution in [2.45, 2.75) is 38.1 Å². The number of fused-ring (bicyclic) bond motifs is 1. The Morgan fingerprint density at radius 1 is 1.38 bits per heavy atom. The van der Waals surface area contributed by atoms with E-state index in [-0.39, 0.29) is 24.4 Å². The van der Waals surface area contributed by atoms with E-state index >= 15 is 0 Å². The van der Waals surface area contributed by atoms with E-state index in [9.17, 15) is 14.0 Å². The van der Waals surface area contributed by atoms with Gasteiger partial charge in [0.2, 0.25) is 0 Å². The number of nitrogens with one attached hydrogen (secondary N) is 2. The Bertz CT molecular complexity index is 863. The van der Waals surface area contributed by atoms with Crippen molar-refractivity contribution in [1.82, 2.24) is 10.3 Å². The van der Waals surface area contributed by atoms with Gasteiger partial charge in [0.1, 0.15) is 11.5 Å². The van der Waals surface area contributed by atoms with Gasteiger partial charge in [-0.1, -0.05) is 12.1 Å². The third-order valence-corrected chi connectivity index (χ3v) is 5.63. The van der Waals surface area contributed by atoms with E-state index in [4.69, 9.17) is 4.74 Å². The predicted molar refractivity (Wildman–Crippen MR) is 98.2 cm³/mol. The van der Waals surface area contributed by atoms with E-state index in [2.05, 4.69) is 10.3 Å². The Morgan fingerprint density at radius 3 is 2.88 bits per heavy atom. The number of carbonyl (C=O) groups is 2. The number of aromatic amines is 1. The van der Waals surface area contributed by atoms with Crippen molar-refractivity contribution >= 4 is 23.6 Å². The van der Waals surface area contributed by atoms with Gasteiger partial charge in [-0.2, -0.15) is 0 Å². The zero-order valence-corrected chi connectivity index (χ0v) is 15.8. The average molecular weight is 376 g/mol. The number of hydrogen-bond acceptors (Lipinski definition) is 4. The Labute approximate surface area is 155 Å². The van der Waals surface area contributed by atoms with Gasteiger partial charge in [-0.3, -0.25) is 4.79 Å². The monoisotopic (exact) mass is 376 g/mol. The van der Waals surface area contributed by atoms with Crippen LogP contribution in [0.5, 0.6) is 0 Å². The highest BCUT2D eigenvalue weighted by atomic mass is 32.2. The Morgan fingerprint density at radius 2 is 2.15 bits per heavy atom. The summed E-state index contributed by atoms with van der Waals surface area (Å²) in [4.78, 5) is 28.5. The van der Waals surface area contributed by atoms with Gasteiger partial charge in [0.25, 0.3) is 5.91 Å². The second-order valence-electron chi connectivity index (χ2n) is 6.17. The van der Waals surface area contributed by atoms with Crippen LogP contribution >= 0.6 is 11.8 Å². The highest BCUT2D eigenvalue weighted by Crippen LogP contribution is 2.37. The Kier molecular flexibility index (Phi) is 5.36. The fourth-order valence-corrected chi connectivity index (χ4v) is 4.39. The maximum atomic E-state index is 14.0. The second-order valence-corrected chi connectivity index (χ2v) is 7.27. The molecule has 0 radical (unpaired) electrons. The first-order valence-corrected chi connectivity index (χ1v) is 9.51. The maximum absolute atomic E-state index is 14.0. The SMILES string of the molecule is CCOC(=O)c1c(C)[nH]c(C(=O)NC2CCSc3c(F)cccc32)c1C. The number of benzene rings is 1. The summed E-state index contributed by atoms with van der Waals surface area (Å²) in [7, 11) is 0. The molecular formula is C19H21FN2O3S. The van der Waals surface area contributed by atoms with Gasteiger partial charge in [0.15, 0.2) is 0 Å². The number of esters is 1. The lowest BCUT2D eigenvalue weighted by atomic mass is 10.0. The lowest BCUT2D eigenvalue weighted by Gasteiger charge is -2.26. The predicted octanol–water partition coefficient (Wildman–Crippen LogP) is 3.91. The summed E-state index contributed by atoms with van der Waals surface area (Å²) in [6.07, 6.45) is 0.719. The number of rotatable bonds is 4. The zero-order chi connectivity index (χ0) is 18.8. The summed E-state index contributed by atoms with van der Waals surface area (Å²) in [6, 6.07) is 4.66. The van der Waals surface area contributed by atoms with Crippen LogP contribution < -0.4 is 5.32 Å². The number of halogens is 1. The molecule has 3 rings (SSSR count). The van der Waals surface area contributed by atoms with Crippen molar-refractivity contribution in [2.75, 3.05) is 12.4 Å². The van der Waals surface area contributed by atoms with E-state index in [1.54, 1.807) is 26.8 Å². The number of H-pyrrole nitrogens is 1. The van der Waals surface area contributed by atoms with Gasteiger partial charge in [-0.15, -0.1) is 11.8 Å². The molecule has 1 atom stereocenters. The van der Waals surface area contributed by atoms with Crippen LogP contribution in [0.25, 0.3) is 0 Å². The minimum Gasteiger partial charge on any atom is -0.462 e. The molecule has 0 saturated carbocycles. The summed E-state index contributed by atoms with van der Waals surface area (Å²) in [5.74, 6) is -0.286. The molecule has 1 aromatic heterocycles. The molecule has 1 unspecified atom stereocenters. The second kappa shape index (κ2) is 7.53. The summed E-state index contributed by atoms with van der Waals surface area (Å²) in [6.45, 7) is 5.46. The number of carbonyl (C=O) groups excluding carboxylic acids is 2. The van der Waals surface area contributed by atoms with Crippen molar-refractivity contribution in [3.05, 3.63) is 52.1 Å². The molecular weight excluding hydrogens is 355 g/mol. The van der Waals surface area contributed by atoms with Gasteiger partial charge in [0.05, 0.1) is 18.2 Å². The van der Waals surface area contributed by atoms with Crippen LogP contribution in [0.3, 0.4) is 0 Å². The first-order valence-electron chi connectivity index (χ1n) is 8.52. The van der Waals surface area contributed by atoms with E-state index in [0.29, 0.717) is 27.4 Å². The van der Waals surface area contributed by atoms with Crippen LogP contribution in [-0.2, 0) is 4.74 Å². The Hall–Kier alpha value is -2.28. The lowest BCUT2D eigenvalue weighted by molar-refractivity contribution is 0.0525. The van der Waals surface area contributed by atoms with Gasteiger partial charge < -0.3 is 15.0 Å². The van der Waals surface area contributed by atoms with Crippen molar-refractivity contribution in [3.8, 4) is 0 Å². The summed E-state index contributed by atoms with van der Waals surface area (Å²) in [5, 5.41) is 2.97. The van der Waals surface area contributed by atoms with Gasteiger partial charge in [-0.05, 0) is 44.4 Å². The first kappa shape index (κ1) is 18.5. The molecule has 2 aromatic rings. The topological polar surface area (TPSA) is 71.2 Å². The average Bonchev–Trinajstić information content (AvgIpc) is 2.90. The quantitative estimate of drug-likeness (QED) is 0.794. The lowest BCUT2D eigenvalue weighted by Crippen LogP contribution is -2.31. The first-order chi connectivity index (χ1) is 12.4. The van der Waals surface area contributed by atoms with E-state index in [1.807, 2.05) is 6.07 Å². The minimum absolute atomic E-state index is 0.261. The molecule has 1 aromatic carbocycles. The smallest absolute Gasteiger partial charge is 0.340 e. The molecule has 0 bridgehead atoms. The Balaban J connectivity index is 1.85. The molecule has 5 nitrogen and oxygen atoms in total. The molecule has 7 heteroatoms. The molecule has 1 aliphatic heterocycles. The van der Waals surface area contributed by atoms with Crippen LogP contribution in [0.1, 0.15) is 57.1 Å². The normalized spacial score (nSPS) is 16.1. The van der Waals surface area contributed by atoms with Crippen LogP contribution in [-0.4, -0.2) is 29.2 Å². The van der Waals surface area contributed by atoms with Gasteiger partial charge in [-0.25, -0.2) is 9.18 Å². The maximum Gasteiger partial charge on any atom is 0.340 e. The zero-order valence-electron chi connectivity index (χ0n) is 14.9. The van der Waals surface area contributed by atoms with E-state index < -0.39 is 5.97 Å². The van der Waals surface area contributed by atoms with Crippen molar-refractivity contribution in [2.24, 2.45) is 0 Å². The van der Waals surface area contributed by atoms with Crippen LogP contribution in [0, 0.1) is 19.7 Å². The minimum atomic E-state index is -0.445. The summed E-state index contributed by atoms with van der Waals surface area (Å²) < 4.78 is 19.1. The summed E-state index contributed by atoms with van der Waals surface area (Å²) >= 11 is 1.47. The largest absolute Gasteiger partial charge is 0.462 e. The van der Waals surface area contributed by atoms with Crippen LogP contribution in [0.15, 0.2) is 23.1 Å². The van der Waals surface area contributed by atoms with Crippen molar-refractivity contribution < 1.29 is 18.7 Å².